The van der Waals surface area contributed by atoms with Crippen LogP contribution in [0.25, 0.3) is 0 Å². The van der Waals surface area contributed by atoms with E-state index in [0.29, 0.717) is 23.4 Å². The summed E-state index contributed by atoms with van der Waals surface area (Å²) in [5.41, 5.74) is 3.00. The van der Waals surface area contributed by atoms with E-state index in [1.807, 2.05) is 12.3 Å². The van der Waals surface area contributed by atoms with Crippen LogP contribution in [-0.4, -0.2) is 11.5 Å². The summed E-state index contributed by atoms with van der Waals surface area (Å²) in [5, 5.41) is 4.96. The molecule has 18 heavy (non-hydrogen) atoms. The first-order valence-electron chi connectivity index (χ1n) is 5.71. The number of thiazole rings is 1. The average molecular weight is 268 g/mol. The Hall–Kier alpha value is -1.33. The number of nitrogens with zero attached hydrogens (tertiary/aromatic N) is 1. The topological polar surface area (TPSA) is 24.9 Å². The quantitative estimate of drug-likeness (QED) is 0.919. The molecular weight excluding hydrogens is 254 g/mol. The van der Waals surface area contributed by atoms with E-state index < -0.39 is 17.7 Å². The van der Waals surface area contributed by atoms with Gasteiger partial charge in [-0.1, -0.05) is 19.1 Å². The smallest absolute Gasteiger partial charge is 0.164 e. The van der Waals surface area contributed by atoms with E-state index in [-0.39, 0.29) is 0 Å². The Bertz CT molecular complexity index is 526. The first-order valence-corrected chi connectivity index (χ1v) is 6.65. The van der Waals surface area contributed by atoms with Crippen LogP contribution in [0.2, 0.25) is 0 Å². The molecule has 0 spiro atoms. The lowest BCUT2D eigenvalue weighted by atomic mass is 10.0. The maximum absolute atomic E-state index is 14.0. The molecule has 0 saturated heterocycles. The second-order valence-corrected chi connectivity index (χ2v) is 4.72. The minimum absolute atomic E-state index is 0.297. The Kier molecular flexibility index (Phi) is 4.04. The highest BCUT2D eigenvalue weighted by atomic mass is 32.1. The summed E-state index contributed by atoms with van der Waals surface area (Å²) >= 11 is 1.43. The van der Waals surface area contributed by atoms with Gasteiger partial charge >= 0.3 is 0 Å². The van der Waals surface area contributed by atoms with Crippen molar-refractivity contribution in [2.24, 2.45) is 0 Å². The van der Waals surface area contributed by atoms with Gasteiger partial charge in [0.25, 0.3) is 0 Å². The summed E-state index contributed by atoms with van der Waals surface area (Å²) < 4.78 is 27.6. The molecule has 2 aromatic rings. The Balaban J connectivity index is 2.47. The first-order chi connectivity index (χ1) is 8.65. The Morgan fingerprint density at radius 2 is 2.11 bits per heavy atom. The van der Waals surface area contributed by atoms with Crippen LogP contribution in [0.3, 0.4) is 0 Å². The fourth-order valence-electron chi connectivity index (χ4n) is 1.83. The molecule has 0 bridgehead atoms. The average Bonchev–Trinajstić information content (AvgIpc) is 2.88. The van der Waals surface area contributed by atoms with Gasteiger partial charge in [0.15, 0.2) is 11.6 Å². The van der Waals surface area contributed by atoms with Gasteiger partial charge in [0.1, 0.15) is 0 Å². The number of hydrogen-bond donors (Lipinski definition) is 1. The predicted molar refractivity (Wildman–Crippen MR) is 68.7 cm³/mol. The molecule has 0 aliphatic heterocycles. The molecule has 0 aliphatic carbocycles. The van der Waals surface area contributed by atoms with Crippen LogP contribution >= 0.6 is 11.3 Å². The molecule has 1 unspecified atom stereocenters. The fourth-order valence-corrected chi connectivity index (χ4v) is 2.41. The van der Waals surface area contributed by atoms with E-state index in [0.717, 1.165) is 0 Å². The standard InChI is InChI=1S/C13H14F2N2S/c1-3-16-13(10-6-18-7-17-10)9-5-4-8(2)11(14)12(9)15/h4-7,13,16H,3H2,1-2H3. The highest BCUT2D eigenvalue weighted by Crippen LogP contribution is 2.26. The number of aromatic nitrogens is 1. The van der Waals surface area contributed by atoms with Crippen molar-refractivity contribution in [2.75, 3.05) is 6.54 Å². The number of aryl methyl sites for hydroxylation is 1. The second kappa shape index (κ2) is 5.54. The molecular formula is C13H14F2N2S. The maximum Gasteiger partial charge on any atom is 0.164 e. The van der Waals surface area contributed by atoms with Crippen molar-refractivity contribution in [1.29, 1.82) is 0 Å². The highest BCUT2D eigenvalue weighted by molar-refractivity contribution is 7.07. The van der Waals surface area contributed by atoms with Crippen LogP contribution in [0.15, 0.2) is 23.0 Å². The van der Waals surface area contributed by atoms with Gasteiger partial charge in [-0.05, 0) is 19.0 Å². The summed E-state index contributed by atoms with van der Waals surface area (Å²) in [6.07, 6.45) is 0. The second-order valence-electron chi connectivity index (χ2n) is 4.00. The maximum atomic E-state index is 14.0. The van der Waals surface area contributed by atoms with Crippen molar-refractivity contribution < 1.29 is 8.78 Å². The molecule has 1 aromatic heterocycles. The van der Waals surface area contributed by atoms with Crippen LogP contribution in [-0.2, 0) is 0 Å². The van der Waals surface area contributed by atoms with Crippen LogP contribution in [0.4, 0.5) is 8.78 Å². The molecule has 5 heteroatoms. The molecule has 0 radical (unpaired) electrons. The molecule has 0 amide bonds. The monoisotopic (exact) mass is 268 g/mol. The normalized spacial score (nSPS) is 12.7. The number of rotatable bonds is 4. The summed E-state index contributed by atoms with van der Waals surface area (Å²) in [6, 6.07) is 2.79. The molecule has 1 heterocycles. The minimum atomic E-state index is -0.797. The van der Waals surface area contributed by atoms with Crippen LogP contribution in [0.1, 0.15) is 29.8 Å². The fraction of sp³-hybridized carbons (Fsp3) is 0.308. The van der Waals surface area contributed by atoms with Crippen molar-refractivity contribution in [1.82, 2.24) is 10.3 Å². The zero-order valence-electron chi connectivity index (χ0n) is 10.2. The van der Waals surface area contributed by atoms with E-state index in [9.17, 15) is 8.78 Å². The lowest BCUT2D eigenvalue weighted by molar-refractivity contribution is 0.477. The third-order valence-electron chi connectivity index (χ3n) is 2.77. The van der Waals surface area contributed by atoms with Crippen LogP contribution in [0.5, 0.6) is 0 Å². The first kappa shape index (κ1) is 13.1. The summed E-state index contributed by atoms with van der Waals surface area (Å²) in [4.78, 5) is 4.17. The summed E-state index contributed by atoms with van der Waals surface area (Å²) in [7, 11) is 0. The lowest BCUT2D eigenvalue weighted by Gasteiger charge is -2.17. The molecule has 0 fully saturated rings. The van der Waals surface area contributed by atoms with Crippen molar-refractivity contribution in [3.63, 3.8) is 0 Å². The van der Waals surface area contributed by atoms with E-state index >= 15 is 0 Å². The third-order valence-corrected chi connectivity index (χ3v) is 3.38. The SMILES string of the molecule is CCNC(c1cscn1)c1ccc(C)c(F)c1F. The summed E-state index contributed by atoms with van der Waals surface area (Å²) in [5.74, 6) is -1.58. The van der Waals surface area contributed by atoms with Crippen LogP contribution < -0.4 is 5.32 Å². The van der Waals surface area contributed by atoms with Crippen LogP contribution in [0, 0.1) is 18.6 Å². The minimum Gasteiger partial charge on any atom is -0.305 e. The van der Waals surface area contributed by atoms with E-state index in [1.54, 1.807) is 24.6 Å². The Morgan fingerprint density at radius 1 is 1.33 bits per heavy atom. The van der Waals surface area contributed by atoms with Crippen molar-refractivity contribution >= 4 is 11.3 Å². The zero-order chi connectivity index (χ0) is 13.1. The largest absolute Gasteiger partial charge is 0.305 e. The number of benzene rings is 1. The van der Waals surface area contributed by atoms with Gasteiger partial charge < -0.3 is 5.32 Å². The Morgan fingerprint density at radius 3 is 2.72 bits per heavy atom. The summed E-state index contributed by atoms with van der Waals surface area (Å²) in [6.45, 7) is 4.12. The molecule has 2 rings (SSSR count). The van der Waals surface area contributed by atoms with Gasteiger partial charge in [-0.3, -0.25) is 0 Å². The Labute approximate surface area is 109 Å². The molecule has 1 N–H and O–H groups in total. The van der Waals surface area contributed by atoms with E-state index in [1.165, 1.54) is 11.3 Å². The zero-order valence-corrected chi connectivity index (χ0v) is 11.0. The molecule has 96 valence electrons. The van der Waals surface area contributed by atoms with Gasteiger partial charge in [0.05, 0.1) is 17.2 Å². The van der Waals surface area contributed by atoms with Gasteiger partial charge in [-0.25, -0.2) is 13.8 Å². The molecule has 2 nitrogen and oxygen atoms in total. The third kappa shape index (κ3) is 2.42. The number of nitrogens with one attached hydrogen (secondary N) is 1. The van der Waals surface area contributed by atoms with E-state index in [4.69, 9.17) is 0 Å². The number of halogens is 2. The van der Waals surface area contributed by atoms with Gasteiger partial charge in [-0.15, -0.1) is 11.3 Å². The van der Waals surface area contributed by atoms with Gasteiger partial charge in [-0.2, -0.15) is 0 Å². The molecule has 0 aliphatic rings. The van der Waals surface area contributed by atoms with Crippen molar-refractivity contribution in [2.45, 2.75) is 19.9 Å². The van der Waals surface area contributed by atoms with E-state index in [2.05, 4.69) is 10.3 Å². The van der Waals surface area contributed by atoms with Gasteiger partial charge in [0, 0.05) is 10.9 Å². The predicted octanol–water partition coefficient (Wildman–Crippen LogP) is 3.43. The lowest BCUT2D eigenvalue weighted by Crippen LogP contribution is -2.23. The molecule has 1 atom stereocenters. The molecule has 1 aromatic carbocycles. The molecule has 0 saturated carbocycles. The van der Waals surface area contributed by atoms with Crippen molar-refractivity contribution in [3.05, 3.63) is 51.5 Å². The van der Waals surface area contributed by atoms with Gasteiger partial charge in [0.2, 0.25) is 0 Å². The number of hydrogen-bond acceptors (Lipinski definition) is 3. The van der Waals surface area contributed by atoms with Crippen molar-refractivity contribution in [3.8, 4) is 0 Å². The highest BCUT2D eigenvalue weighted by Gasteiger charge is 2.21.